The van der Waals surface area contributed by atoms with Crippen LogP contribution in [0.1, 0.15) is 6.92 Å². The van der Waals surface area contributed by atoms with Gasteiger partial charge in [0.2, 0.25) is 5.82 Å². The molecule has 108 valence electrons. The fourth-order valence-corrected chi connectivity index (χ4v) is 2.51. The Labute approximate surface area is 136 Å². The third-order valence-corrected chi connectivity index (χ3v) is 4.12. The van der Waals surface area contributed by atoms with E-state index in [1.54, 1.807) is 29.1 Å². The Bertz CT molecular complexity index is 797. The SMILES string of the molecule is CCn1nnc(-c2cnn(-c3cccc(Cl)c3Cl)c2S)n1. The lowest BCUT2D eigenvalue weighted by molar-refractivity contribution is 0.552. The Hall–Kier alpha value is -1.57. The number of aryl methyl sites for hydroxylation is 1. The quantitative estimate of drug-likeness (QED) is 0.744. The second-order valence-electron chi connectivity index (χ2n) is 4.17. The van der Waals surface area contributed by atoms with Crippen LogP contribution in [0.15, 0.2) is 29.4 Å². The highest BCUT2D eigenvalue weighted by Crippen LogP contribution is 2.32. The van der Waals surface area contributed by atoms with Gasteiger partial charge in [-0.15, -0.1) is 22.8 Å². The number of tetrazole rings is 1. The molecular weight excluding hydrogens is 331 g/mol. The summed E-state index contributed by atoms with van der Waals surface area (Å²) in [5.41, 5.74) is 1.32. The molecule has 0 N–H and O–H groups in total. The fourth-order valence-electron chi connectivity index (χ4n) is 1.82. The Morgan fingerprint density at radius 1 is 1.29 bits per heavy atom. The Morgan fingerprint density at radius 3 is 2.81 bits per heavy atom. The summed E-state index contributed by atoms with van der Waals surface area (Å²) in [5, 5.41) is 17.9. The molecule has 1 aromatic carbocycles. The maximum atomic E-state index is 6.21. The van der Waals surface area contributed by atoms with Gasteiger partial charge in [-0.25, -0.2) is 4.68 Å². The van der Waals surface area contributed by atoms with Crippen molar-refractivity contribution in [3.05, 3.63) is 34.4 Å². The third-order valence-electron chi connectivity index (χ3n) is 2.88. The van der Waals surface area contributed by atoms with E-state index in [0.29, 0.717) is 38.7 Å². The van der Waals surface area contributed by atoms with Crippen LogP contribution >= 0.6 is 35.8 Å². The molecular formula is C12H10Cl2N6S. The lowest BCUT2D eigenvalue weighted by Crippen LogP contribution is -1.99. The van der Waals surface area contributed by atoms with E-state index in [2.05, 4.69) is 33.1 Å². The first kappa shape index (κ1) is 14.4. The number of aromatic nitrogens is 6. The largest absolute Gasteiger partial charge is 0.225 e. The number of halogens is 2. The molecule has 0 aliphatic heterocycles. The summed E-state index contributed by atoms with van der Waals surface area (Å²) in [4.78, 5) is 1.49. The molecule has 0 fully saturated rings. The van der Waals surface area contributed by atoms with Crippen LogP contribution in [0.25, 0.3) is 17.1 Å². The van der Waals surface area contributed by atoms with E-state index in [9.17, 15) is 0 Å². The minimum Gasteiger partial charge on any atom is -0.225 e. The van der Waals surface area contributed by atoms with Crippen LogP contribution in [0.5, 0.6) is 0 Å². The van der Waals surface area contributed by atoms with E-state index in [4.69, 9.17) is 23.2 Å². The monoisotopic (exact) mass is 340 g/mol. The van der Waals surface area contributed by atoms with E-state index in [1.807, 2.05) is 6.92 Å². The van der Waals surface area contributed by atoms with Gasteiger partial charge in [0.15, 0.2) is 0 Å². The molecule has 9 heteroatoms. The first-order valence-electron chi connectivity index (χ1n) is 6.11. The highest BCUT2D eigenvalue weighted by molar-refractivity contribution is 7.80. The zero-order valence-corrected chi connectivity index (χ0v) is 13.3. The molecule has 0 aliphatic rings. The van der Waals surface area contributed by atoms with Crippen LogP contribution < -0.4 is 0 Å². The second-order valence-corrected chi connectivity index (χ2v) is 5.38. The van der Waals surface area contributed by atoms with Crippen LogP contribution in [0.3, 0.4) is 0 Å². The molecule has 0 atom stereocenters. The number of benzene rings is 1. The Morgan fingerprint density at radius 2 is 2.10 bits per heavy atom. The average molecular weight is 341 g/mol. The molecule has 0 unspecified atom stereocenters. The van der Waals surface area contributed by atoms with Gasteiger partial charge < -0.3 is 0 Å². The smallest absolute Gasteiger partial charge is 0.209 e. The molecule has 0 amide bonds. The predicted octanol–water partition coefficient (Wildman–Crippen LogP) is 3.14. The minimum atomic E-state index is 0.411. The van der Waals surface area contributed by atoms with Crippen molar-refractivity contribution in [3.8, 4) is 17.1 Å². The Kier molecular flexibility index (Phi) is 3.88. The number of rotatable bonds is 3. The van der Waals surface area contributed by atoms with E-state index in [-0.39, 0.29) is 0 Å². The molecule has 2 aromatic heterocycles. The van der Waals surface area contributed by atoms with Crippen molar-refractivity contribution in [1.82, 2.24) is 30.0 Å². The predicted molar refractivity (Wildman–Crippen MR) is 83.3 cm³/mol. The molecule has 0 saturated carbocycles. The van der Waals surface area contributed by atoms with Crippen LogP contribution in [-0.2, 0) is 6.54 Å². The Balaban J connectivity index is 2.09. The zero-order valence-electron chi connectivity index (χ0n) is 10.9. The summed E-state index contributed by atoms with van der Waals surface area (Å²) in [6.07, 6.45) is 1.62. The topological polar surface area (TPSA) is 61.4 Å². The fraction of sp³-hybridized carbons (Fsp3) is 0.167. The van der Waals surface area contributed by atoms with Crippen molar-refractivity contribution in [1.29, 1.82) is 0 Å². The molecule has 2 heterocycles. The normalized spacial score (nSPS) is 11.0. The van der Waals surface area contributed by atoms with Crippen LogP contribution in [-0.4, -0.2) is 30.0 Å². The number of thiol groups is 1. The lowest BCUT2D eigenvalue weighted by Gasteiger charge is -2.07. The first-order valence-corrected chi connectivity index (χ1v) is 7.31. The highest BCUT2D eigenvalue weighted by Gasteiger charge is 2.17. The van der Waals surface area contributed by atoms with E-state index >= 15 is 0 Å². The molecule has 0 radical (unpaired) electrons. The van der Waals surface area contributed by atoms with Gasteiger partial charge in [-0.2, -0.15) is 9.90 Å². The van der Waals surface area contributed by atoms with E-state index in [1.165, 1.54) is 4.80 Å². The average Bonchev–Trinajstić information content (AvgIpc) is 3.08. The minimum absolute atomic E-state index is 0.411. The van der Waals surface area contributed by atoms with Crippen molar-refractivity contribution in [2.24, 2.45) is 0 Å². The summed E-state index contributed by atoms with van der Waals surface area (Å²) in [6.45, 7) is 2.57. The van der Waals surface area contributed by atoms with Crippen molar-refractivity contribution in [3.63, 3.8) is 0 Å². The van der Waals surface area contributed by atoms with Crippen molar-refractivity contribution < 1.29 is 0 Å². The van der Waals surface area contributed by atoms with Gasteiger partial charge >= 0.3 is 0 Å². The van der Waals surface area contributed by atoms with Crippen molar-refractivity contribution in [2.45, 2.75) is 18.5 Å². The molecule has 0 spiro atoms. The summed E-state index contributed by atoms with van der Waals surface area (Å²) in [5.74, 6) is 0.464. The molecule has 21 heavy (non-hydrogen) atoms. The standard InChI is InChI=1S/C12H10Cl2N6S/c1-2-19-17-11(16-18-19)7-6-15-20(12(7)21)9-5-3-4-8(13)10(9)14/h3-6,21H,2H2,1H3. The van der Waals surface area contributed by atoms with Crippen molar-refractivity contribution in [2.75, 3.05) is 0 Å². The van der Waals surface area contributed by atoms with Gasteiger partial charge in [-0.1, -0.05) is 29.3 Å². The number of hydrogen-bond acceptors (Lipinski definition) is 5. The van der Waals surface area contributed by atoms with Gasteiger partial charge in [-0.3, -0.25) is 0 Å². The number of nitrogens with zero attached hydrogens (tertiary/aromatic N) is 6. The number of hydrogen-bond donors (Lipinski definition) is 1. The molecule has 0 bridgehead atoms. The zero-order chi connectivity index (χ0) is 15.0. The van der Waals surface area contributed by atoms with E-state index in [0.717, 1.165) is 0 Å². The van der Waals surface area contributed by atoms with Gasteiger partial charge in [0.25, 0.3) is 0 Å². The maximum Gasteiger partial charge on any atom is 0.209 e. The van der Waals surface area contributed by atoms with Crippen molar-refractivity contribution >= 4 is 35.8 Å². The lowest BCUT2D eigenvalue weighted by atomic mass is 10.3. The maximum absolute atomic E-state index is 6.21. The van der Waals surface area contributed by atoms with E-state index < -0.39 is 0 Å². The summed E-state index contributed by atoms with van der Waals surface area (Å²) in [7, 11) is 0. The van der Waals surface area contributed by atoms with Gasteiger partial charge in [0, 0.05) is 0 Å². The second kappa shape index (κ2) is 5.67. The van der Waals surface area contributed by atoms with Crippen LogP contribution in [0.4, 0.5) is 0 Å². The van der Waals surface area contributed by atoms with Gasteiger partial charge in [-0.05, 0) is 24.3 Å². The molecule has 3 rings (SSSR count). The highest BCUT2D eigenvalue weighted by atomic mass is 35.5. The van der Waals surface area contributed by atoms with Crippen LogP contribution in [0.2, 0.25) is 10.0 Å². The molecule has 3 aromatic rings. The summed E-state index contributed by atoms with van der Waals surface area (Å²) < 4.78 is 1.58. The third kappa shape index (κ3) is 2.52. The first-order chi connectivity index (χ1) is 10.1. The van der Waals surface area contributed by atoms with Gasteiger partial charge in [0.1, 0.15) is 5.03 Å². The summed E-state index contributed by atoms with van der Waals surface area (Å²) >= 11 is 16.7. The van der Waals surface area contributed by atoms with Gasteiger partial charge in [0.05, 0.1) is 34.0 Å². The van der Waals surface area contributed by atoms with Crippen LogP contribution in [0, 0.1) is 0 Å². The molecule has 6 nitrogen and oxygen atoms in total. The molecule has 0 aliphatic carbocycles. The molecule has 0 saturated heterocycles. The summed E-state index contributed by atoms with van der Waals surface area (Å²) in [6, 6.07) is 5.31.